The highest BCUT2D eigenvalue weighted by Gasteiger charge is 2.52. The molecule has 1 unspecified atom stereocenters. The van der Waals surface area contributed by atoms with Crippen LogP contribution in [0.4, 0.5) is 18.9 Å². The molecule has 0 radical (unpaired) electrons. The van der Waals surface area contributed by atoms with Gasteiger partial charge < -0.3 is 15.5 Å². The summed E-state index contributed by atoms with van der Waals surface area (Å²) in [5.74, 6) is -0.674. The monoisotopic (exact) mass is 420 g/mol. The van der Waals surface area contributed by atoms with Crippen molar-refractivity contribution in [2.75, 3.05) is 31.1 Å². The number of hydrogen-bond acceptors (Lipinski definition) is 4. The first-order valence-corrected chi connectivity index (χ1v) is 10.1. The van der Waals surface area contributed by atoms with Crippen LogP contribution in [0, 0.1) is 28.6 Å². The van der Waals surface area contributed by atoms with Crippen LogP contribution in [-0.4, -0.2) is 42.9 Å². The Morgan fingerprint density at radius 2 is 1.87 bits per heavy atom. The highest BCUT2D eigenvalue weighted by atomic mass is 19.4. The summed E-state index contributed by atoms with van der Waals surface area (Å²) in [5.41, 5.74) is 4.12. The fraction of sp³-hybridized carbons (Fsp3) is 0.571. The van der Waals surface area contributed by atoms with Crippen LogP contribution in [0.15, 0.2) is 18.2 Å². The first-order chi connectivity index (χ1) is 14.1. The van der Waals surface area contributed by atoms with E-state index in [-0.39, 0.29) is 18.4 Å². The zero-order valence-corrected chi connectivity index (χ0v) is 16.4. The SMILES string of the molecule is N#Cc1ccc(N2CC(C(N)=O)C3(CCN(C(=O)C4CC4)CC3)C2)cc1C(F)(F)F. The van der Waals surface area contributed by atoms with Crippen LogP contribution in [-0.2, 0) is 15.8 Å². The Morgan fingerprint density at radius 1 is 1.20 bits per heavy atom. The molecule has 4 rings (SSSR count). The van der Waals surface area contributed by atoms with Gasteiger partial charge in [0, 0.05) is 43.2 Å². The minimum absolute atomic E-state index is 0.130. The maximum absolute atomic E-state index is 13.4. The largest absolute Gasteiger partial charge is 0.417 e. The fourth-order valence-corrected chi connectivity index (χ4v) is 4.89. The average Bonchev–Trinajstić information content (AvgIpc) is 3.49. The van der Waals surface area contributed by atoms with Crippen LogP contribution in [0.2, 0.25) is 0 Å². The molecule has 1 aliphatic carbocycles. The summed E-state index contributed by atoms with van der Waals surface area (Å²) in [6, 6.07) is 5.21. The Hall–Kier alpha value is -2.76. The molecular formula is C21H23F3N4O2. The second-order valence-corrected chi connectivity index (χ2v) is 8.64. The Bertz CT molecular complexity index is 912. The molecule has 3 aliphatic rings. The number of nitrogens with two attached hydrogens (primary N) is 1. The molecule has 1 aromatic rings. The lowest BCUT2D eigenvalue weighted by molar-refractivity contribution is -0.138. The molecule has 30 heavy (non-hydrogen) atoms. The molecule has 2 aliphatic heterocycles. The zero-order chi connectivity index (χ0) is 21.7. The molecule has 2 N–H and O–H groups in total. The van der Waals surface area contributed by atoms with Gasteiger partial charge in [-0.25, -0.2) is 0 Å². The number of anilines is 1. The molecule has 0 bridgehead atoms. The van der Waals surface area contributed by atoms with Crippen LogP contribution < -0.4 is 10.6 Å². The first-order valence-electron chi connectivity index (χ1n) is 10.1. The Labute approximate surface area is 172 Å². The normalized spacial score (nSPS) is 23.5. The van der Waals surface area contributed by atoms with Crippen LogP contribution in [0.1, 0.15) is 36.8 Å². The second-order valence-electron chi connectivity index (χ2n) is 8.64. The van der Waals surface area contributed by atoms with Gasteiger partial charge in [-0.1, -0.05) is 0 Å². The highest BCUT2D eigenvalue weighted by Crippen LogP contribution is 2.47. The van der Waals surface area contributed by atoms with Gasteiger partial charge in [-0.2, -0.15) is 18.4 Å². The van der Waals surface area contributed by atoms with Gasteiger partial charge in [0.1, 0.15) is 0 Å². The van der Waals surface area contributed by atoms with E-state index in [4.69, 9.17) is 11.0 Å². The van der Waals surface area contributed by atoms with Crippen molar-refractivity contribution in [3.63, 3.8) is 0 Å². The van der Waals surface area contributed by atoms with Crippen molar-refractivity contribution in [2.24, 2.45) is 23.0 Å². The number of nitriles is 1. The molecule has 9 heteroatoms. The van der Waals surface area contributed by atoms with Gasteiger partial charge in [0.15, 0.2) is 0 Å². The molecule has 1 atom stereocenters. The Balaban J connectivity index is 1.57. The van der Waals surface area contributed by atoms with Gasteiger partial charge in [0.2, 0.25) is 11.8 Å². The summed E-state index contributed by atoms with van der Waals surface area (Å²) in [4.78, 5) is 28.1. The number of benzene rings is 1. The van der Waals surface area contributed by atoms with Gasteiger partial charge in [-0.3, -0.25) is 9.59 Å². The first kappa shape index (κ1) is 20.5. The average molecular weight is 420 g/mol. The molecule has 1 saturated carbocycles. The summed E-state index contributed by atoms with van der Waals surface area (Å²) in [5, 5.41) is 9.01. The summed E-state index contributed by atoms with van der Waals surface area (Å²) in [6.07, 6.45) is -1.59. The summed E-state index contributed by atoms with van der Waals surface area (Å²) in [7, 11) is 0. The van der Waals surface area contributed by atoms with Crippen molar-refractivity contribution >= 4 is 17.5 Å². The van der Waals surface area contributed by atoms with E-state index in [9.17, 15) is 22.8 Å². The van der Waals surface area contributed by atoms with Crippen molar-refractivity contribution in [1.29, 1.82) is 5.26 Å². The lowest BCUT2D eigenvalue weighted by Gasteiger charge is -2.41. The summed E-state index contributed by atoms with van der Waals surface area (Å²) in [6.45, 7) is 1.70. The van der Waals surface area contributed by atoms with E-state index in [1.54, 1.807) is 11.0 Å². The Morgan fingerprint density at radius 3 is 2.40 bits per heavy atom. The van der Waals surface area contributed by atoms with Gasteiger partial charge in [-0.05, 0) is 43.9 Å². The number of carbonyl (C=O) groups excluding carboxylic acids is 2. The third-order valence-electron chi connectivity index (χ3n) is 6.78. The van der Waals surface area contributed by atoms with E-state index < -0.39 is 34.5 Å². The third-order valence-corrected chi connectivity index (χ3v) is 6.78. The lowest BCUT2D eigenvalue weighted by Crippen LogP contribution is -2.49. The van der Waals surface area contributed by atoms with Gasteiger partial charge in [0.25, 0.3) is 0 Å². The van der Waals surface area contributed by atoms with Crippen molar-refractivity contribution in [3.8, 4) is 6.07 Å². The Kier molecular flexibility index (Phi) is 4.91. The van der Waals surface area contributed by atoms with E-state index in [1.807, 2.05) is 4.90 Å². The number of nitrogens with zero attached hydrogens (tertiary/aromatic N) is 3. The predicted octanol–water partition coefficient (Wildman–Crippen LogP) is 2.52. The van der Waals surface area contributed by atoms with E-state index in [0.717, 1.165) is 18.9 Å². The number of piperidine rings is 1. The summed E-state index contributed by atoms with van der Waals surface area (Å²) >= 11 is 0. The second kappa shape index (κ2) is 7.18. The molecule has 2 saturated heterocycles. The minimum Gasteiger partial charge on any atom is -0.370 e. The zero-order valence-electron chi connectivity index (χ0n) is 16.4. The van der Waals surface area contributed by atoms with Gasteiger partial charge in [-0.15, -0.1) is 0 Å². The number of primary amides is 1. The maximum atomic E-state index is 13.4. The van der Waals surface area contributed by atoms with Crippen molar-refractivity contribution < 1.29 is 22.8 Å². The lowest BCUT2D eigenvalue weighted by atomic mass is 9.70. The molecule has 1 spiro atoms. The van der Waals surface area contributed by atoms with E-state index in [1.165, 1.54) is 12.1 Å². The number of amides is 2. The molecule has 6 nitrogen and oxygen atoms in total. The highest BCUT2D eigenvalue weighted by molar-refractivity contribution is 5.82. The molecule has 2 heterocycles. The summed E-state index contributed by atoms with van der Waals surface area (Å²) < 4.78 is 40.1. The van der Waals surface area contributed by atoms with Crippen molar-refractivity contribution in [1.82, 2.24) is 4.90 Å². The standard InChI is InChI=1S/C21H23F3N4O2/c22-21(23,24)16-9-15(4-3-14(16)10-25)28-11-17(18(26)29)20(12-28)5-7-27(8-6-20)19(30)13-1-2-13/h3-4,9,13,17H,1-2,5-8,11-12H2,(H2,26,29). The van der Waals surface area contributed by atoms with Crippen molar-refractivity contribution in [3.05, 3.63) is 29.3 Å². The van der Waals surface area contributed by atoms with Gasteiger partial charge >= 0.3 is 6.18 Å². The quantitative estimate of drug-likeness (QED) is 0.814. The molecule has 1 aromatic carbocycles. The van der Waals surface area contributed by atoms with E-state index >= 15 is 0 Å². The number of likely N-dealkylation sites (tertiary alicyclic amines) is 1. The maximum Gasteiger partial charge on any atom is 0.417 e. The number of alkyl halides is 3. The fourth-order valence-electron chi connectivity index (χ4n) is 4.89. The van der Waals surface area contributed by atoms with Crippen molar-refractivity contribution in [2.45, 2.75) is 31.9 Å². The molecule has 2 amide bonds. The van der Waals surface area contributed by atoms with Crippen LogP contribution >= 0.6 is 0 Å². The molecule has 160 valence electrons. The number of hydrogen-bond donors (Lipinski definition) is 1. The number of carbonyl (C=O) groups is 2. The number of halogens is 3. The van der Waals surface area contributed by atoms with E-state index in [0.29, 0.717) is 38.2 Å². The third kappa shape index (κ3) is 3.59. The molecule has 0 aromatic heterocycles. The van der Waals surface area contributed by atoms with Crippen LogP contribution in [0.5, 0.6) is 0 Å². The van der Waals surface area contributed by atoms with Crippen LogP contribution in [0.25, 0.3) is 0 Å². The van der Waals surface area contributed by atoms with Crippen LogP contribution in [0.3, 0.4) is 0 Å². The number of rotatable bonds is 3. The van der Waals surface area contributed by atoms with E-state index in [2.05, 4.69) is 0 Å². The minimum atomic E-state index is -4.64. The topological polar surface area (TPSA) is 90.4 Å². The van der Waals surface area contributed by atoms with Gasteiger partial charge in [0.05, 0.1) is 23.1 Å². The smallest absolute Gasteiger partial charge is 0.370 e. The molecular weight excluding hydrogens is 397 g/mol. The molecule has 3 fully saturated rings. The predicted molar refractivity (Wildman–Crippen MR) is 102 cm³/mol.